The molecule has 5 nitrogen and oxygen atoms in total. The van der Waals surface area contributed by atoms with Crippen LogP contribution >= 0.6 is 11.3 Å². The molecule has 0 bridgehead atoms. The summed E-state index contributed by atoms with van der Waals surface area (Å²) in [4.78, 5) is 37.4. The number of ether oxygens (including phenoxy) is 1. The summed E-state index contributed by atoms with van der Waals surface area (Å²) in [6.07, 6.45) is -0.926. The van der Waals surface area contributed by atoms with Crippen molar-refractivity contribution in [2.45, 2.75) is 33.8 Å². The third-order valence-electron chi connectivity index (χ3n) is 3.47. The molecule has 0 aliphatic heterocycles. The molecule has 0 saturated heterocycles. The Bertz CT molecular complexity index is 777. The van der Waals surface area contributed by atoms with E-state index in [4.69, 9.17) is 4.74 Å². The van der Waals surface area contributed by atoms with E-state index in [1.165, 1.54) is 25.2 Å². The molecule has 1 aromatic carbocycles. The van der Waals surface area contributed by atoms with Gasteiger partial charge in [0.2, 0.25) is 0 Å². The van der Waals surface area contributed by atoms with Gasteiger partial charge in [-0.15, -0.1) is 11.3 Å². The summed E-state index contributed by atoms with van der Waals surface area (Å²) in [7, 11) is 0. The maximum Gasteiger partial charge on any atom is 0.340 e. The van der Waals surface area contributed by atoms with Gasteiger partial charge in [0.05, 0.1) is 5.56 Å². The van der Waals surface area contributed by atoms with Crippen molar-refractivity contribution in [2.24, 2.45) is 0 Å². The second kappa shape index (κ2) is 7.40. The molecule has 1 N–H and O–H groups in total. The molecular weight excluding hydrogens is 326 g/mol. The number of carbonyl (C=O) groups excluding carboxylic acids is 3. The summed E-state index contributed by atoms with van der Waals surface area (Å²) in [5.74, 6) is -0.980. The zero-order valence-corrected chi connectivity index (χ0v) is 14.8. The van der Waals surface area contributed by atoms with E-state index in [-0.39, 0.29) is 5.78 Å². The van der Waals surface area contributed by atoms with E-state index >= 15 is 0 Å². The predicted octanol–water partition coefficient (Wildman–Crippen LogP) is 3.75. The van der Waals surface area contributed by atoms with Gasteiger partial charge in [0, 0.05) is 21.0 Å². The van der Waals surface area contributed by atoms with E-state index in [1.54, 1.807) is 30.3 Å². The molecule has 0 aliphatic rings. The number of hydrogen-bond acceptors (Lipinski definition) is 5. The summed E-state index contributed by atoms with van der Waals surface area (Å²) in [6, 6.07) is 8.29. The maximum atomic E-state index is 12.1. The quantitative estimate of drug-likeness (QED) is 0.662. The van der Waals surface area contributed by atoms with Crippen LogP contribution in [0, 0.1) is 13.8 Å². The first kappa shape index (κ1) is 17.9. The van der Waals surface area contributed by atoms with Crippen molar-refractivity contribution in [1.82, 2.24) is 0 Å². The molecule has 1 aromatic heterocycles. The van der Waals surface area contributed by atoms with Gasteiger partial charge in [0.25, 0.3) is 5.91 Å². The third kappa shape index (κ3) is 4.29. The van der Waals surface area contributed by atoms with Crippen molar-refractivity contribution in [3.05, 3.63) is 51.2 Å². The zero-order chi connectivity index (χ0) is 17.9. The number of benzene rings is 1. The maximum absolute atomic E-state index is 12.1. The van der Waals surface area contributed by atoms with E-state index in [0.717, 1.165) is 9.75 Å². The highest BCUT2D eigenvalue weighted by Gasteiger charge is 2.21. The normalized spacial score (nSPS) is 11.7. The van der Waals surface area contributed by atoms with Crippen molar-refractivity contribution in [2.75, 3.05) is 5.32 Å². The minimum Gasteiger partial charge on any atom is -0.449 e. The number of rotatable bonds is 5. The highest BCUT2D eigenvalue weighted by molar-refractivity contribution is 7.12. The lowest BCUT2D eigenvalue weighted by Gasteiger charge is -2.13. The third-order valence-corrected chi connectivity index (χ3v) is 4.44. The molecule has 0 fully saturated rings. The molecule has 1 amide bonds. The Balaban J connectivity index is 1.98. The van der Waals surface area contributed by atoms with Gasteiger partial charge in [0.15, 0.2) is 11.9 Å². The number of thiophene rings is 1. The van der Waals surface area contributed by atoms with Crippen LogP contribution in [0.5, 0.6) is 0 Å². The van der Waals surface area contributed by atoms with Crippen molar-refractivity contribution >= 4 is 34.7 Å². The van der Waals surface area contributed by atoms with Gasteiger partial charge in [0.1, 0.15) is 0 Å². The van der Waals surface area contributed by atoms with Crippen molar-refractivity contribution in [3.63, 3.8) is 0 Å². The SMILES string of the molecule is CC(=O)c1ccc(NC(=O)[C@@H](C)OC(=O)c2cc(C)sc2C)cc1. The summed E-state index contributed by atoms with van der Waals surface area (Å²) in [5, 5.41) is 2.66. The summed E-state index contributed by atoms with van der Waals surface area (Å²) < 4.78 is 5.23. The molecular formula is C18H19NO4S. The second-order valence-electron chi connectivity index (χ2n) is 5.50. The van der Waals surface area contributed by atoms with Gasteiger partial charge in [-0.05, 0) is 58.0 Å². The van der Waals surface area contributed by atoms with Crippen LogP contribution < -0.4 is 5.32 Å². The standard InChI is InChI=1S/C18H19NO4S/c1-10-9-16(13(4)24-10)18(22)23-12(3)17(21)19-15-7-5-14(6-8-15)11(2)20/h5-9,12H,1-4H3,(H,19,21)/t12-/m1/s1. The number of aryl methyl sites for hydroxylation is 2. The summed E-state index contributed by atoms with van der Waals surface area (Å²) in [6.45, 7) is 6.75. The predicted molar refractivity (Wildman–Crippen MR) is 93.7 cm³/mol. The number of hydrogen-bond donors (Lipinski definition) is 1. The first-order chi connectivity index (χ1) is 11.3. The van der Waals surface area contributed by atoms with Gasteiger partial charge in [-0.1, -0.05) is 0 Å². The van der Waals surface area contributed by atoms with Crippen molar-refractivity contribution in [1.29, 1.82) is 0 Å². The fraction of sp³-hybridized carbons (Fsp3) is 0.278. The number of anilines is 1. The van der Waals surface area contributed by atoms with Gasteiger partial charge in [-0.2, -0.15) is 0 Å². The number of ketones is 1. The molecule has 24 heavy (non-hydrogen) atoms. The van der Waals surface area contributed by atoms with E-state index in [9.17, 15) is 14.4 Å². The van der Waals surface area contributed by atoms with Crippen LogP contribution in [-0.2, 0) is 9.53 Å². The largest absolute Gasteiger partial charge is 0.449 e. The van der Waals surface area contributed by atoms with Gasteiger partial charge >= 0.3 is 5.97 Å². The molecule has 6 heteroatoms. The molecule has 2 aromatic rings. The lowest BCUT2D eigenvalue weighted by molar-refractivity contribution is -0.123. The number of amides is 1. The highest BCUT2D eigenvalue weighted by Crippen LogP contribution is 2.22. The van der Waals surface area contributed by atoms with Crippen LogP contribution in [0.15, 0.2) is 30.3 Å². The number of Topliss-reactive ketones (excluding diaryl/α,β-unsaturated/α-hetero) is 1. The summed E-state index contributed by atoms with van der Waals surface area (Å²) in [5.41, 5.74) is 1.59. The Morgan fingerprint density at radius 3 is 2.25 bits per heavy atom. The molecule has 0 radical (unpaired) electrons. The molecule has 0 saturated carbocycles. The highest BCUT2D eigenvalue weighted by atomic mass is 32.1. The topological polar surface area (TPSA) is 72.5 Å². The van der Waals surface area contributed by atoms with Crippen LogP contribution in [0.2, 0.25) is 0 Å². The molecule has 0 aliphatic carbocycles. The summed E-state index contributed by atoms with van der Waals surface area (Å²) >= 11 is 1.51. The minimum atomic E-state index is -0.926. The first-order valence-electron chi connectivity index (χ1n) is 7.48. The van der Waals surface area contributed by atoms with E-state index < -0.39 is 18.0 Å². The van der Waals surface area contributed by atoms with E-state index in [2.05, 4.69) is 5.32 Å². The Labute approximate surface area is 144 Å². The van der Waals surface area contributed by atoms with Crippen molar-refractivity contribution < 1.29 is 19.1 Å². The average molecular weight is 345 g/mol. The Morgan fingerprint density at radius 1 is 1.12 bits per heavy atom. The lowest BCUT2D eigenvalue weighted by Crippen LogP contribution is -2.30. The fourth-order valence-electron chi connectivity index (χ4n) is 2.14. The molecule has 2 rings (SSSR count). The van der Waals surface area contributed by atoms with Crippen molar-refractivity contribution in [3.8, 4) is 0 Å². The van der Waals surface area contributed by atoms with Crippen LogP contribution in [0.1, 0.15) is 44.3 Å². The number of nitrogens with one attached hydrogen (secondary N) is 1. The van der Waals surface area contributed by atoms with E-state index in [1.807, 2.05) is 13.8 Å². The average Bonchev–Trinajstić information content (AvgIpc) is 2.86. The fourth-order valence-corrected chi connectivity index (χ4v) is 3.06. The molecule has 1 atom stereocenters. The molecule has 0 spiro atoms. The minimum absolute atomic E-state index is 0.0448. The Kier molecular flexibility index (Phi) is 5.51. The molecule has 0 unspecified atom stereocenters. The van der Waals surface area contributed by atoms with Crippen LogP contribution in [0.25, 0.3) is 0 Å². The molecule has 1 heterocycles. The second-order valence-corrected chi connectivity index (χ2v) is 6.96. The molecule has 126 valence electrons. The first-order valence-corrected chi connectivity index (χ1v) is 8.29. The van der Waals surface area contributed by atoms with Gasteiger partial charge in [-0.25, -0.2) is 4.79 Å². The van der Waals surface area contributed by atoms with E-state index in [0.29, 0.717) is 16.8 Å². The number of esters is 1. The lowest BCUT2D eigenvalue weighted by atomic mass is 10.1. The Morgan fingerprint density at radius 2 is 1.75 bits per heavy atom. The van der Waals surface area contributed by atoms with Gasteiger partial charge < -0.3 is 10.1 Å². The van der Waals surface area contributed by atoms with Crippen LogP contribution in [0.3, 0.4) is 0 Å². The Hall–Kier alpha value is -2.47. The van der Waals surface area contributed by atoms with Gasteiger partial charge in [-0.3, -0.25) is 9.59 Å². The van der Waals surface area contributed by atoms with Crippen LogP contribution in [-0.4, -0.2) is 23.8 Å². The zero-order valence-electron chi connectivity index (χ0n) is 14.0. The smallest absolute Gasteiger partial charge is 0.340 e. The number of carbonyl (C=O) groups is 3. The monoisotopic (exact) mass is 345 g/mol. The van der Waals surface area contributed by atoms with Crippen LogP contribution in [0.4, 0.5) is 5.69 Å².